The summed E-state index contributed by atoms with van der Waals surface area (Å²) in [5, 5.41) is 1.27. The molecule has 0 radical (unpaired) electrons. The van der Waals surface area contributed by atoms with E-state index in [1.807, 2.05) is 35.2 Å². The van der Waals surface area contributed by atoms with Gasteiger partial charge in [0.25, 0.3) is 0 Å². The van der Waals surface area contributed by atoms with Crippen LogP contribution in [0.1, 0.15) is 29.5 Å². The van der Waals surface area contributed by atoms with Gasteiger partial charge in [0, 0.05) is 56.3 Å². The number of hydrogen-bond donors (Lipinski definition) is 0. The monoisotopic (exact) mass is 467 g/mol. The number of piperazine rings is 1. The lowest BCUT2D eigenvalue weighted by Gasteiger charge is -2.39. The lowest BCUT2D eigenvalue weighted by atomic mass is 9.96. The third kappa shape index (κ3) is 5.47. The zero-order chi connectivity index (χ0) is 23.4. The van der Waals surface area contributed by atoms with Crippen molar-refractivity contribution in [3.05, 3.63) is 70.6 Å². The van der Waals surface area contributed by atoms with E-state index in [1.165, 1.54) is 26.5 Å². The summed E-state index contributed by atoms with van der Waals surface area (Å²) in [6.07, 6.45) is 2.78. The van der Waals surface area contributed by atoms with E-state index in [4.69, 9.17) is 0 Å². The number of amides is 1. The molecule has 2 saturated heterocycles. The molecular weight excluding hydrogens is 434 g/mol. The zero-order valence-corrected chi connectivity index (χ0v) is 20.3. The number of carbonyl (C=O) groups is 1. The number of sulfonamides is 1. The number of carbonyl (C=O) groups excluding carboxylic acids is 1. The molecule has 7 heteroatoms. The van der Waals surface area contributed by atoms with E-state index in [9.17, 15) is 13.2 Å². The second-order valence-electron chi connectivity index (χ2n) is 8.96. The molecule has 1 amide bonds. The number of anilines is 1. The fraction of sp³-hybridized carbons (Fsp3) is 0.423. The van der Waals surface area contributed by atoms with Gasteiger partial charge in [-0.15, -0.1) is 0 Å². The molecular formula is C26H33N3O3S. The first-order valence-electron chi connectivity index (χ1n) is 11.7. The Morgan fingerprint density at radius 2 is 1.55 bits per heavy atom. The topological polar surface area (TPSA) is 60.9 Å². The number of aryl methyl sites for hydroxylation is 1. The van der Waals surface area contributed by atoms with Crippen LogP contribution >= 0.6 is 0 Å². The van der Waals surface area contributed by atoms with Crippen LogP contribution < -0.4 is 4.90 Å². The lowest BCUT2D eigenvalue weighted by Crippen LogP contribution is -2.52. The Morgan fingerprint density at radius 3 is 2.21 bits per heavy atom. The van der Waals surface area contributed by atoms with Gasteiger partial charge in [-0.2, -0.15) is 4.31 Å². The smallest absolute Gasteiger partial charge is 0.236 e. The van der Waals surface area contributed by atoms with Crippen molar-refractivity contribution >= 4 is 27.7 Å². The van der Waals surface area contributed by atoms with Crippen molar-refractivity contribution < 1.29 is 13.2 Å². The van der Waals surface area contributed by atoms with Crippen molar-refractivity contribution in [3.63, 3.8) is 0 Å². The molecule has 0 N–H and O–H groups in total. The van der Waals surface area contributed by atoms with Gasteiger partial charge in [0.15, 0.2) is 0 Å². The Morgan fingerprint density at radius 1 is 0.879 bits per heavy atom. The maximum absolute atomic E-state index is 13.1. The van der Waals surface area contributed by atoms with Gasteiger partial charge in [-0.05, 0) is 55.5 Å². The van der Waals surface area contributed by atoms with Crippen molar-refractivity contribution in [2.45, 2.75) is 26.7 Å². The van der Waals surface area contributed by atoms with Gasteiger partial charge in [-0.25, -0.2) is 8.42 Å². The molecule has 2 aromatic rings. The molecule has 2 aromatic carbocycles. The highest BCUT2D eigenvalue weighted by Crippen LogP contribution is 2.26. The van der Waals surface area contributed by atoms with Gasteiger partial charge >= 0.3 is 0 Å². The summed E-state index contributed by atoms with van der Waals surface area (Å²) in [7, 11) is -3.48. The molecule has 0 saturated carbocycles. The molecule has 0 unspecified atom stereocenters. The van der Waals surface area contributed by atoms with Crippen molar-refractivity contribution in [3.8, 4) is 0 Å². The van der Waals surface area contributed by atoms with Gasteiger partial charge in [-0.1, -0.05) is 42.5 Å². The highest BCUT2D eigenvalue weighted by atomic mass is 32.2. The highest BCUT2D eigenvalue weighted by molar-refractivity contribution is 7.92. The van der Waals surface area contributed by atoms with E-state index < -0.39 is 10.0 Å². The van der Waals surface area contributed by atoms with Crippen LogP contribution in [0.25, 0.3) is 6.08 Å². The first-order chi connectivity index (χ1) is 15.8. The van der Waals surface area contributed by atoms with E-state index >= 15 is 0 Å². The molecule has 0 spiro atoms. The largest absolute Gasteiger partial charge is 0.368 e. The Bertz CT molecular complexity index is 1100. The van der Waals surface area contributed by atoms with Gasteiger partial charge in [-0.3, -0.25) is 4.79 Å². The molecule has 0 aliphatic carbocycles. The average molecular weight is 468 g/mol. The first-order valence-corrected chi connectivity index (χ1v) is 13.2. The van der Waals surface area contributed by atoms with E-state index in [0.29, 0.717) is 39.0 Å². The van der Waals surface area contributed by atoms with Crippen LogP contribution in [0.15, 0.2) is 53.9 Å². The predicted octanol–water partition coefficient (Wildman–Crippen LogP) is 3.66. The maximum Gasteiger partial charge on any atom is 0.236 e. The Hall–Kier alpha value is -2.64. The van der Waals surface area contributed by atoms with Crippen LogP contribution in [0.3, 0.4) is 0 Å². The Balaban J connectivity index is 1.29. The molecule has 6 nitrogen and oxygen atoms in total. The minimum atomic E-state index is -3.48. The summed E-state index contributed by atoms with van der Waals surface area (Å²) in [6.45, 7) is 8.14. The molecule has 33 heavy (non-hydrogen) atoms. The van der Waals surface area contributed by atoms with E-state index in [-0.39, 0.29) is 11.8 Å². The summed E-state index contributed by atoms with van der Waals surface area (Å²) in [4.78, 5) is 17.4. The second kappa shape index (κ2) is 10.1. The van der Waals surface area contributed by atoms with Crippen LogP contribution in [-0.4, -0.2) is 62.8 Å². The number of nitrogens with zero attached hydrogens (tertiary/aromatic N) is 3. The molecule has 2 aliphatic rings. The Kier molecular flexibility index (Phi) is 7.20. The van der Waals surface area contributed by atoms with E-state index in [1.54, 1.807) is 6.08 Å². The van der Waals surface area contributed by atoms with Crippen LogP contribution in [0.2, 0.25) is 0 Å². The minimum absolute atomic E-state index is 0.0955. The standard InChI is InChI=1S/C26H33N3O3S/c1-21-7-6-10-25(22(21)2)27-16-18-28(19-17-27)26(30)24-11-14-29(15-12-24)33(31,32)20-13-23-8-4-3-5-9-23/h3-10,13,20,24H,11-12,14-19H2,1-2H3/b20-13-. The number of benzene rings is 2. The molecule has 2 aliphatic heterocycles. The molecule has 2 heterocycles. The minimum Gasteiger partial charge on any atom is -0.368 e. The van der Waals surface area contributed by atoms with Gasteiger partial charge in [0.2, 0.25) is 15.9 Å². The lowest BCUT2D eigenvalue weighted by molar-refractivity contribution is -0.137. The summed E-state index contributed by atoms with van der Waals surface area (Å²) in [6, 6.07) is 15.8. The third-order valence-electron chi connectivity index (χ3n) is 6.90. The SMILES string of the molecule is Cc1cccc(N2CCN(C(=O)C3CCN(S(=O)(=O)/C=C\c4ccccc4)CC3)CC2)c1C. The van der Waals surface area contributed by atoms with Crippen LogP contribution in [0, 0.1) is 19.8 Å². The van der Waals surface area contributed by atoms with Crippen LogP contribution in [-0.2, 0) is 14.8 Å². The third-order valence-corrected chi connectivity index (χ3v) is 8.47. The average Bonchev–Trinajstić information content (AvgIpc) is 2.85. The molecule has 0 atom stereocenters. The number of piperidine rings is 1. The fourth-order valence-electron chi connectivity index (χ4n) is 4.68. The quantitative estimate of drug-likeness (QED) is 0.673. The molecule has 2 fully saturated rings. The zero-order valence-electron chi connectivity index (χ0n) is 19.5. The summed E-state index contributed by atoms with van der Waals surface area (Å²) in [5.41, 5.74) is 4.69. The first kappa shape index (κ1) is 23.5. The number of rotatable bonds is 5. The predicted molar refractivity (Wildman–Crippen MR) is 133 cm³/mol. The van der Waals surface area contributed by atoms with E-state index in [2.05, 4.69) is 36.9 Å². The molecule has 4 rings (SSSR count). The van der Waals surface area contributed by atoms with Crippen LogP contribution in [0.5, 0.6) is 0 Å². The maximum atomic E-state index is 13.1. The fourth-order valence-corrected chi connectivity index (χ4v) is 5.90. The van der Waals surface area contributed by atoms with Gasteiger partial charge in [0.05, 0.1) is 0 Å². The Labute approximate surface area is 197 Å². The normalized spacial score (nSPS) is 18.7. The van der Waals surface area contributed by atoms with Gasteiger partial charge in [0.1, 0.15) is 0 Å². The summed E-state index contributed by atoms with van der Waals surface area (Å²) < 4.78 is 26.9. The summed E-state index contributed by atoms with van der Waals surface area (Å²) >= 11 is 0. The van der Waals surface area contributed by atoms with Gasteiger partial charge < -0.3 is 9.80 Å². The van der Waals surface area contributed by atoms with Crippen molar-refractivity contribution in [2.75, 3.05) is 44.2 Å². The molecule has 0 aromatic heterocycles. The second-order valence-corrected chi connectivity index (χ2v) is 10.8. The van der Waals surface area contributed by atoms with Crippen molar-refractivity contribution in [1.29, 1.82) is 0 Å². The molecule has 0 bridgehead atoms. The van der Waals surface area contributed by atoms with Crippen molar-refractivity contribution in [1.82, 2.24) is 9.21 Å². The number of hydrogen-bond acceptors (Lipinski definition) is 4. The molecule has 176 valence electrons. The summed E-state index contributed by atoms with van der Waals surface area (Å²) in [5.74, 6) is 0.0781. The van der Waals surface area contributed by atoms with Crippen LogP contribution in [0.4, 0.5) is 5.69 Å². The van der Waals surface area contributed by atoms with E-state index in [0.717, 1.165) is 18.7 Å². The van der Waals surface area contributed by atoms with Crippen molar-refractivity contribution in [2.24, 2.45) is 5.92 Å². The highest BCUT2D eigenvalue weighted by Gasteiger charge is 2.33.